The number of carbonyl (C=O) groups is 1. The number of ether oxygens (including phenoxy) is 1. The quantitative estimate of drug-likeness (QED) is 0.242. The maximum Gasteiger partial charge on any atom is 0.606 e. The average molecular weight is 464 g/mol. The van der Waals surface area contributed by atoms with Crippen molar-refractivity contribution in [3.63, 3.8) is 0 Å². The topological polar surface area (TPSA) is 53.2 Å². The molecule has 4 aromatic rings. The molecular formula is C25H24N2O3PS+. The predicted molar refractivity (Wildman–Crippen MR) is 131 cm³/mol. The van der Waals surface area contributed by atoms with Gasteiger partial charge in [0.25, 0.3) is 0 Å². The summed E-state index contributed by atoms with van der Waals surface area (Å²) in [6.45, 7) is 7.70. The number of para-hydroxylation sites is 1. The molecule has 1 aromatic heterocycles. The zero-order valence-electron chi connectivity index (χ0n) is 18.5. The van der Waals surface area contributed by atoms with Gasteiger partial charge < -0.3 is 4.74 Å². The fraction of sp³-hybridized carbons (Fsp3) is 0.200. The Hall–Kier alpha value is -3.08. The number of aryl methyl sites for hydroxylation is 2. The lowest BCUT2D eigenvalue weighted by Crippen LogP contribution is -2.16. The number of carbonyl (C=O) groups excluding carboxylic acids is 1. The van der Waals surface area contributed by atoms with E-state index < -0.39 is 13.7 Å². The molecular weight excluding hydrogens is 439 g/mol. The minimum absolute atomic E-state index is 0.209. The molecule has 3 aromatic carbocycles. The molecule has 0 fully saturated rings. The first-order valence-corrected chi connectivity index (χ1v) is 12.0. The Bertz CT molecular complexity index is 1460. The van der Waals surface area contributed by atoms with Gasteiger partial charge >= 0.3 is 13.7 Å². The van der Waals surface area contributed by atoms with E-state index >= 15 is 0 Å². The van der Waals surface area contributed by atoms with Gasteiger partial charge in [-0.15, -0.1) is 4.33 Å². The van der Waals surface area contributed by atoms with Crippen LogP contribution in [0.5, 0.6) is 0 Å². The number of aromatic nitrogens is 2. The van der Waals surface area contributed by atoms with Gasteiger partial charge in [-0.25, -0.2) is 4.79 Å². The van der Waals surface area contributed by atoms with Crippen molar-refractivity contribution in [3.8, 4) is 11.4 Å². The summed E-state index contributed by atoms with van der Waals surface area (Å²) in [5, 5.41) is 1.91. The minimum Gasteiger partial charge on any atom is -0.462 e. The van der Waals surface area contributed by atoms with Gasteiger partial charge in [0.05, 0.1) is 18.0 Å². The van der Waals surface area contributed by atoms with Crippen LogP contribution in [0.25, 0.3) is 22.1 Å². The molecule has 0 N–H and O–H groups in total. The first-order chi connectivity index (χ1) is 15.4. The fourth-order valence-electron chi connectivity index (χ4n) is 4.09. The van der Waals surface area contributed by atoms with Crippen molar-refractivity contribution in [2.24, 2.45) is 0 Å². The number of benzene rings is 3. The first kappa shape index (κ1) is 22.1. The standard InChI is InChI=1S/C25H24N2O3PS/c1-5-30-25(28)22-18(4)26(23-16(2)10-8-11-17(23)3)31(29)27(24(22)32)21-15-9-13-19-12-6-7-14-20(19)21/h6-15H,5H2,1-4H3/q+1. The van der Waals surface area contributed by atoms with Gasteiger partial charge in [-0.1, -0.05) is 71.1 Å². The number of hydrogen-bond acceptors (Lipinski definition) is 4. The van der Waals surface area contributed by atoms with Crippen LogP contribution in [-0.2, 0) is 9.30 Å². The van der Waals surface area contributed by atoms with Crippen LogP contribution in [0, 0.1) is 25.4 Å². The zero-order valence-corrected chi connectivity index (χ0v) is 20.2. The second kappa shape index (κ2) is 8.81. The highest BCUT2D eigenvalue weighted by Crippen LogP contribution is 2.35. The average Bonchev–Trinajstić information content (AvgIpc) is 2.76. The Morgan fingerprint density at radius 3 is 2.25 bits per heavy atom. The van der Waals surface area contributed by atoms with Gasteiger partial charge in [-0.3, -0.25) is 0 Å². The molecule has 0 bridgehead atoms. The van der Waals surface area contributed by atoms with Crippen molar-refractivity contribution in [1.82, 2.24) is 8.66 Å². The summed E-state index contributed by atoms with van der Waals surface area (Å²) >= 11 is 5.76. The van der Waals surface area contributed by atoms with Crippen LogP contribution in [0.4, 0.5) is 0 Å². The van der Waals surface area contributed by atoms with Crippen LogP contribution in [0.15, 0.2) is 60.7 Å². The van der Waals surface area contributed by atoms with Gasteiger partial charge in [0.15, 0.2) is 4.64 Å². The van der Waals surface area contributed by atoms with Gasteiger partial charge in [0.1, 0.15) is 11.3 Å². The molecule has 0 saturated heterocycles. The van der Waals surface area contributed by atoms with Crippen molar-refractivity contribution in [3.05, 3.63) is 87.7 Å². The molecule has 32 heavy (non-hydrogen) atoms. The van der Waals surface area contributed by atoms with E-state index in [1.54, 1.807) is 22.5 Å². The van der Waals surface area contributed by atoms with Crippen molar-refractivity contribution >= 4 is 36.7 Å². The van der Waals surface area contributed by atoms with Crippen LogP contribution < -0.4 is 0 Å². The van der Waals surface area contributed by atoms with Crippen molar-refractivity contribution in [2.75, 3.05) is 6.61 Å². The number of hydrogen-bond donors (Lipinski definition) is 0. The minimum atomic E-state index is -2.21. The molecule has 0 amide bonds. The molecule has 0 spiro atoms. The van der Waals surface area contributed by atoms with E-state index in [1.165, 1.54) is 0 Å². The third-order valence-electron chi connectivity index (χ3n) is 5.55. The third kappa shape index (κ3) is 3.60. The number of rotatable bonds is 4. The van der Waals surface area contributed by atoms with E-state index in [1.807, 2.05) is 74.5 Å². The van der Waals surface area contributed by atoms with E-state index in [0.717, 1.165) is 27.6 Å². The van der Waals surface area contributed by atoms with E-state index in [4.69, 9.17) is 17.0 Å². The van der Waals surface area contributed by atoms with Crippen LogP contribution in [-0.4, -0.2) is 21.2 Å². The third-order valence-corrected chi connectivity index (χ3v) is 7.68. The Labute approximate surface area is 192 Å². The van der Waals surface area contributed by atoms with Crippen LogP contribution in [0.3, 0.4) is 0 Å². The lowest BCUT2D eigenvalue weighted by atomic mass is 10.1. The van der Waals surface area contributed by atoms with Crippen molar-refractivity contribution < 1.29 is 14.1 Å². The number of esters is 1. The molecule has 0 aliphatic rings. The van der Waals surface area contributed by atoms with Crippen molar-refractivity contribution in [1.29, 1.82) is 0 Å². The summed E-state index contributed by atoms with van der Waals surface area (Å²) in [7, 11) is -2.21. The van der Waals surface area contributed by atoms with Crippen LogP contribution in [0.2, 0.25) is 0 Å². The van der Waals surface area contributed by atoms with E-state index in [-0.39, 0.29) is 16.8 Å². The van der Waals surface area contributed by atoms with E-state index in [0.29, 0.717) is 11.4 Å². The normalized spacial score (nSPS) is 11.6. The summed E-state index contributed by atoms with van der Waals surface area (Å²) in [6, 6.07) is 19.5. The smallest absolute Gasteiger partial charge is 0.462 e. The fourth-order valence-corrected chi connectivity index (χ4v) is 6.26. The SMILES string of the molecule is CCOC(=O)c1c(C)n(-c2c(C)cccc2C)[p+](=O)n(-c2cccc3ccccc23)c1=S. The summed E-state index contributed by atoms with van der Waals surface area (Å²) in [5.74, 6) is -0.514. The molecule has 7 heteroatoms. The maximum absolute atomic E-state index is 14.1. The highest BCUT2D eigenvalue weighted by molar-refractivity contribution is 7.71. The zero-order chi connectivity index (χ0) is 23.0. The molecule has 1 heterocycles. The Kier molecular flexibility index (Phi) is 6.09. The van der Waals surface area contributed by atoms with Crippen LogP contribution >= 0.6 is 19.9 Å². The summed E-state index contributed by atoms with van der Waals surface area (Å²) < 4.78 is 23.0. The van der Waals surface area contributed by atoms with Crippen molar-refractivity contribution in [2.45, 2.75) is 27.7 Å². The van der Waals surface area contributed by atoms with Gasteiger partial charge in [-0.05, 0) is 54.8 Å². The Balaban J connectivity index is 2.21. The molecule has 0 aliphatic carbocycles. The number of fused-ring (bicyclic) bond motifs is 1. The summed E-state index contributed by atoms with van der Waals surface area (Å²) in [5.41, 5.74) is 4.21. The molecule has 0 saturated carbocycles. The summed E-state index contributed by atoms with van der Waals surface area (Å²) in [6.07, 6.45) is 0. The first-order valence-electron chi connectivity index (χ1n) is 10.4. The number of nitrogens with zero attached hydrogens (tertiary/aromatic N) is 2. The lowest BCUT2D eigenvalue weighted by Gasteiger charge is -2.14. The predicted octanol–water partition coefficient (Wildman–Crippen LogP) is 7.00. The molecule has 1 atom stereocenters. The molecule has 0 radical (unpaired) electrons. The second-order valence-electron chi connectivity index (χ2n) is 7.60. The second-order valence-corrected chi connectivity index (χ2v) is 9.29. The summed E-state index contributed by atoms with van der Waals surface area (Å²) in [4.78, 5) is 13.0. The lowest BCUT2D eigenvalue weighted by molar-refractivity contribution is 0.0523. The Morgan fingerprint density at radius 1 is 0.938 bits per heavy atom. The molecule has 1 unspecified atom stereocenters. The highest BCUT2D eigenvalue weighted by Gasteiger charge is 2.31. The van der Waals surface area contributed by atoms with Gasteiger partial charge in [0, 0.05) is 5.39 Å². The molecule has 4 rings (SSSR count). The molecule has 0 aliphatic heterocycles. The monoisotopic (exact) mass is 463 g/mol. The Morgan fingerprint density at radius 2 is 1.56 bits per heavy atom. The van der Waals surface area contributed by atoms with Gasteiger partial charge in [-0.2, -0.15) is 0 Å². The largest absolute Gasteiger partial charge is 0.606 e. The highest BCUT2D eigenvalue weighted by atomic mass is 32.1. The van der Waals surface area contributed by atoms with E-state index in [9.17, 15) is 9.36 Å². The van der Waals surface area contributed by atoms with E-state index in [2.05, 4.69) is 0 Å². The maximum atomic E-state index is 14.1. The molecule has 5 nitrogen and oxygen atoms in total. The molecule has 162 valence electrons. The van der Waals surface area contributed by atoms with Gasteiger partial charge in [0.2, 0.25) is 0 Å². The van der Waals surface area contributed by atoms with Crippen LogP contribution in [0.1, 0.15) is 34.1 Å².